The fraction of sp³-hybridized carbons (Fsp3) is 0.290. The largest absolute Gasteiger partial charge is 0.491 e. The van der Waals surface area contributed by atoms with Crippen LogP contribution in [0, 0.1) is 0 Å². The Balaban J connectivity index is 1.41. The minimum atomic E-state index is -1.11. The van der Waals surface area contributed by atoms with Crippen molar-refractivity contribution in [1.82, 2.24) is 15.5 Å². The van der Waals surface area contributed by atoms with E-state index in [2.05, 4.69) is 36.2 Å². The number of carbonyl (C=O) groups is 2. The van der Waals surface area contributed by atoms with Gasteiger partial charge in [0.05, 0.1) is 6.10 Å². The van der Waals surface area contributed by atoms with E-state index >= 15 is 0 Å². The maximum absolute atomic E-state index is 12.7. The number of rotatable bonds is 9. The Morgan fingerprint density at radius 1 is 0.923 bits per heavy atom. The van der Waals surface area contributed by atoms with E-state index in [1.165, 1.54) is 0 Å². The zero-order valence-electron chi connectivity index (χ0n) is 22.8. The number of carboxylic acid groups (broad SMARTS) is 1. The van der Waals surface area contributed by atoms with Gasteiger partial charge in [0.15, 0.2) is 0 Å². The summed E-state index contributed by atoms with van der Waals surface area (Å²) in [5.41, 5.74) is 3.72. The first-order valence-corrected chi connectivity index (χ1v) is 12.8. The number of aromatic nitrogens is 2. The lowest BCUT2D eigenvalue weighted by atomic mass is 9.86. The molecule has 0 bridgehead atoms. The molecule has 1 amide bonds. The van der Waals surface area contributed by atoms with Gasteiger partial charge in [-0.15, -0.1) is 0 Å². The summed E-state index contributed by atoms with van der Waals surface area (Å²) in [5.74, 6) is 0.0301. The summed E-state index contributed by atoms with van der Waals surface area (Å²) in [6.07, 6.45) is 0.214. The van der Waals surface area contributed by atoms with Crippen LogP contribution in [-0.4, -0.2) is 39.3 Å². The second-order valence-electron chi connectivity index (χ2n) is 10.7. The average Bonchev–Trinajstić information content (AvgIpc) is 3.38. The van der Waals surface area contributed by atoms with Crippen LogP contribution < -0.4 is 10.1 Å². The van der Waals surface area contributed by atoms with Crippen LogP contribution in [0.25, 0.3) is 22.8 Å². The van der Waals surface area contributed by atoms with Gasteiger partial charge in [0.2, 0.25) is 5.82 Å². The van der Waals surface area contributed by atoms with Crippen LogP contribution in [0.15, 0.2) is 77.3 Å². The second-order valence-corrected chi connectivity index (χ2v) is 10.7. The third kappa shape index (κ3) is 7.10. The molecule has 0 spiro atoms. The van der Waals surface area contributed by atoms with Crippen molar-refractivity contribution in [3.8, 4) is 28.6 Å². The van der Waals surface area contributed by atoms with Crippen molar-refractivity contribution >= 4 is 11.9 Å². The van der Waals surface area contributed by atoms with E-state index in [1.54, 1.807) is 36.4 Å². The molecule has 1 heterocycles. The topological polar surface area (TPSA) is 115 Å². The van der Waals surface area contributed by atoms with Crippen LogP contribution >= 0.6 is 0 Å². The molecule has 0 saturated carbocycles. The fourth-order valence-electron chi connectivity index (χ4n) is 4.00. The standard InChI is InChI=1S/C31H33N3O5/c1-19(2)38-25-16-12-23(13-17-25)29-33-27(34-39-29)21-8-6-20(7-9-21)18-26(30(36)37)32-28(35)22-10-14-24(15-11-22)31(3,4)5/h6-17,19,26H,18H2,1-5H3,(H,32,35)(H,36,37). The second kappa shape index (κ2) is 11.5. The Labute approximate surface area is 228 Å². The molecule has 4 aromatic rings. The Morgan fingerprint density at radius 3 is 2.10 bits per heavy atom. The van der Waals surface area contributed by atoms with Gasteiger partial charge >= 0.3 is 5.97 Å². The van der Waals surface area contributed by atoms with E-state index in [1.807, 2.05) is 50.2 Å². The van der Waals surface area contributed by atoms with E-state index in [0.29, 0.717) is 17.3 Å². The number of hydrogen-bond donors (Lipinski definition) is 2. The molecule has 4 rings (SSSR count). The molecule has 0 fully saturated rings. The highest BCUT2D eigenvalue weighted by Crippen LogP contribution is 2.25. The third-order valence-corrected chi connectivity index (χ3v) is 6.17. The Hall–Kier alpha value is -4.46. The molecule has 39 heavy (non-hydrogen) atoms. The van der Waals surface area contributed by atoms with Crippen LogP contribution in [0.5, 0.6) is 5.75 Å². The van der Waals surface area contributed by atoms with Gasteiger partial charge in [-0.3, -0.25) is 4.79 Å². The molecular formula is C31H33N3O5. The number of nitrogens with zero attached hydrogens (tertiary/aromatic N) is 2. The minimum absolute atomic E-state index is 0.0396. The highest BCUT2D eigenvalue weighted by molar-refractivity contribution is 5.96. The molecular weight excluding hydrogens is 494 g/mol. The fourth-order valence-corrected chi connectivity index (χ4v) is 4.00. The quantitative estimate of drug-likeness (QED) is 0.278. The lowest BCUT2D eigenvalue weighted by molar-refractivity contribution is -0.139. The highest BCUT2D eigenvalue weighted by Gasteiger charge is 2.22. The average molecular weight is 528 g/mol. The van der Waals surface area contributed by atoms with Crippen LogP contribution in [0.3, 0.4) is 0 Å². The lowest BCUT2D eigenvalue weighted by Crippen LogP contribution is -2.42. The normalized spacial score (nSPS) is 12.3. The monoisotopic (exact) mass is 527 g/mol. The van der Waals surface area contributed by atoms with E-state index in [0.717, 1.165) is 28.0 Å². The molecule has 0 aliphatic rings. The lowest BCUT2D eigenvalue weighted by Gasteiger charge is -2.19. The summed E-state index contributed by atoms with van der Waals surface area (Å²) in [7, 11) is 0. The minimum Gasteiger partial charge on any atom is -0.491 e. The summed E-state index contributed by atoms with van der Waals surface area (Å²) < 4.78 is 11.1. The summed E-state index contributed by atoms with van der Waals surface area (Å²) in [5, 5.41) is 16.4. The molecule has 0 aliphatic carbocycles. The molecule has 8 heteroatoms. The van der Waals surface area contributed by atoms with Gasteiger partial charge in [-0.1, -0.05) is 62.3 Å². The van der Waals surface area contributed by atoms with Gasteiger partial charge in [-0.2, -0.15) is 4.98 Å². The first kappa shape index (κ1) is 27.6. The van der Waals surface area contributed by atoms with Crippen molar-refractivity contribution in [2.24, 2.45) is 0 Å². The van der Waals surface area contributed by atoms with E-state index in [-0.39, 0.29) is 17.9 Å². The van der Waals surface area contributed by atoms with E-state index < -0.39 is 17.9 Å². The number of carboxylic acids is 1. The van der Waals surface area contributed by atoms with Crippen molar-refractivity contribution in [2.75, 3.05) is 0 Å². The number of amides is 1. The number of carbonyl (C=O) groups excluding carboxylic acids is 1. The van der Waals surface area contributed by atoms with Gasteiger partial charge in [0.25, 0.3) is 11.8 Å². The smallest absolute Gasteiger partial charge is 0.326 e. The van der Waals surface area contributed by atoms with Gasteiger partial charge in [-0.25, -0.2) is 4.79 Å². The third-order valence-electron chi connectivity index (χ3n) is 6.17. The molecule has 1 aromatic heterocycles. The first-order valence-electron chi connectivity index (χ1n) is 12.8. The molecule has 202 valence electrons. The maximum atomic E-state index is 12.7. The maximum Gasteiger partial charge on any atom is 0.326 e. The molecule has 0 saturated heterocycles. The predicted octanol–water partition coefficient (Wildman–Crippen LogP) is 5.91. The van der Waals surface area contributed by atoms with E-state index in [4.69, 9.17) is 9.26 Å². The zero-order valence-corrected chi connectivity index (χ0v) is 22.8. The molecule has 2 N–H and O–H groups in total. The summed E-state index contributed by atoms with van der Waals surface area (Å²) in [4.78, 5) is 29.1. The van der Waals surface area contributed by atoms with Crippen molar-refractivity contribution in [1.29, 1.82) is 0 Å². The summed E-state index contributed by atoms with van der Waals surface area (Å²) in [6, 6.07) is 20.8. The Bertz CT molecular complexity index is 1420. The number of nitrogens with one attached hydrogen (secondary N) is 1. The van der Waals surface area contributed by atoms with Gasteiger partial charge < -0.3 is 19.7 Å². The molecule has 3 aromatic carbocycles. The number of ether oxygens (including phenoxy) is 1. The van der Waals surface area contributed by atoms with Crippen molar-refractivity contribution in [3.63, 3.8) is 0 Å². The Morgan fingerprint density at radius 2 is 1.54 bits per heavy atom. The van der Waals surface area contributed by atoms with Gasteiger partial charge in [0.1, 0.15) is 11.8 Å². The molecule has 1 atom stereocenters. The van der Waals surface area contributed by atoms with Gasteiger partial charge in [0, 0.05) is 23.1 Å². The number of aliphatic carboxylic acids is 1. The van der Waals surface area contributed by atoms with Crippen LogP contribution in [0.1, 0.15) is 56.1 Å². The van der Waals surface area contributed by atoms with Crippen LogP contribution in [0.4, 0.5) is 0 Å². The first-order chi connectivity index (χ1) is 18.5. The number of benzene rings is 3. The van der Waals surface area contributed by atoms with E-state index in [9.17, 15) is 14.7 Å². The SMILES string of the molecule is CC(C)Oc1ccc(-c2nc(-c3ccc(CC(NC(=O)c4ccc(C(C)(C)C)cc4)C(=O)O)cc3)no2)cc1. The molecule has 0 radical (unpaired) electrons. The highest BCUT2D eigenvalue weighted by atomic mass is 16.5. The van der Waals surface area contributed by atoms with Crippen molar-refractivity contribution in [3.05, 3.63) is 89.5 Å². The summed E-state index contributed by atoms with van der Waals surface area (Å²) in [6.45, 7) is 10.2. The summed E-state index contributed by atoms with van der Waals surface area (Å²) >= 11 is 0. The zero-order chi connectivity index (χ0) is 28.2. The van der Waals surface area contributed by atoms with Crippen molar-refractivity contribution in [2.45, 2.75) is 58.6 Å². The molecule has 8 nitrogen and oxygen atoms in total. The van der Waals surface area contributed by atoms with Crippen molar-refractivity contribution < 1.29 is 24.0 Å². The van der Waals surface area contributed by atoms with Crippen LogP contribution in [-0.2, 0) is 16.6 Å². The Kier molecular flexibility index (Phi) is 8.14. The van der Waals surface area contributed by atoms with Crippen LogP contribution in [0.2, 0.25) is 0 Å². The van der Waals surface area contributed by atoms with Gasteiger partial charge in [-0.05, 0) is 66.8 Å². The predicted molar refractivity (Wildman–Crippen MR) is 149 cm³/mol. The molecule has 0 aliphatic heterocycles. The molecule has 1 unspecified atom stereocenters. The number of hydrogen-bond acceptors (Lipinski definition) is 6.